The average molecular weight is 800 g/mol. The van der Waals surface area contributed by atoms with Crippen molar-refractivity contribution in [2.24, 2.45) is 0 Å². The molecular formula is C62H41N. The molecule has 12 rings (SSSR count). The van der Waals surface area contributed by atoms with Crippen LogP contribution in [0.3, 0.4) is 0 Å². The normalized spacial score (nSPS) is 11.5. The number of para-hydroxylation sites is 1. The largest absolute Gasteiger partial charge is 0.310 e. The lowest BCUT2D eigenvalue weighted by molar-refractivity contribution is 1.28. The Hall–Kier alpha value is -8.26. The van der Waals surface area contributed by atoms with Crippen LogP contribution in [0.4, 0.5) is 17.1 Å². The molecule has 0 bridgehead atoms. The van der Waals surface area contributed by atoms with E-state index in [1.54, 1.807) is 0 Å². The molecule has 1 heteroatoms. The second kappa shape index (κ2) is 15.3. The van der Waals surface area contributed by atoms with Crippen molar-refractivity contribution in [2.45, 2.75) is 0 Å². The summed E-state index contributed by atoms with van der Waals surface area (Å²) in [4.78, 5) is 2.45. The van der Waals surface area contributed by atoms with Gasteiger partial charge in [0.1, 0.15) is 0 Å². The monoisotopic (exact) mass is 799 g/mol. The molecule has 12 aromatic rings. The van der Waals surface area contributed by atoms with Gasteiger partial charge in [-0.25, -0.2) is 0 Å². The third-order valence-corrected chi connectivity index (χ3v) is 12.9. The van der Waals surface area contributed by atoms with Crippen LogP contribution < -0.4 is 4.90 Å². The van der Waals surface area contributed by atoms with Crippen molar-refractivity contribution in [3.63, 3.8) is 0 Å². The van der Waals surface area contributed by atoms with Crippen molar-refractivity contribution < 1.29 is 0 Å². The van der Waals surface area contributed by atoms with Crippen LogP contribution in [0.15, 0.2) is 249 Å². The van der Waals surface area contributed by atoms with Gasteiger partial charge in [0.05, 0.1) is 5.69 Å². The molecule has 1 nitrogen and oxygen atoms in total. The Morgan fingerprint density at radius 1 is 0.206 bits per heavy atom. The molecule has 0 N–H and O–H groups in total. The van der Waals surface area contributed by atoms with Gasteiger partial charge in [0.2, 0.25) is 0 Å². The first-order valence-corrected chi connectivity index (χ1v) is 21.8. The molecular weight excluding hydrogens is 759 g/mol. The molecule has 0 fully saturated rings. The maximum absolute atomic E-state index is 2.45. The highest BCUT2D eigenvalue weighted by Crippen LogP contribution is 2.47. The molecule has 0 saturated carbocycles. The molecule has 0 unspecified atom stereocenters. The zero-order valence-corrected chi connectivity index (χ0v) is 34.6. The lowest BCUT2D eigenvalue weighted by Crippen LogP contribution is -2.11. The summed E-state index contributed by atoms with van der Waals surface area (Å²) in [5, 5.41) is 12.5. The Morgan fingerprint density at radius 3 is 1.46 bits per heavy atom. The van der Waals surface area contributed by atoms with Gasteiger partial charge in [-0.15, -0.1) is 0 Å². The van der Waals surface area contributed by atoms with Crippen LogP contribution in [0.1, 0.15) is 0 Å². The van der Waals surface area contributed by atoms with E-state index in [2.05, 4.69) is 254 Å². The van der Waals surface area contributed by atoms with Crippen molar-refractivity contribution in [1.29, 1.82) is 0 Å². The summed E-state index contributed by atoms with van der Waals surface area (Å²) in [7, 11) is 0. The van der Waals surface area contributed by atoms with Crippen molar-refractivity contribution >= 4 is 70.9 Å². The highest BCUT2D eigenvalue weighted by Gasteiger charge is 2.22. The van der Waals surface area contributed by atoms with Gasteiger partial charge in [0, 0.05) is 16.9 Å². The maximum atomic E-state index is 2.45. The highest BCUT2D eigenvalue weighted by atomic mass is 15.1. The quantitative estimate of drug-likeness (QED) is 0.145. The number of fused-ring (bicyclic) bond motifs is 7. The fraction of sp³-hybridized carbons (Fsp3) is 0. The van der Waals surface area contributed by atoms with Gasteiger partial charge < -0.3 is 4.90 Å². The first kappa shape index (κ1) is 36.6. The van der Waals surface area contributed by atoms with Crippen molar-refractivity contribution in [1.82, 2.24) is 0 Å². The summed E-state index contributed by atoms with van der Waals surface area (Å²) < 4.78 is 0. The van der Waals surface area contributed by atoms with Crippen LogP contribution in [0.25, 0.3) is 98.4 Å². The number of rotatable bonds is 7. The van der Waals surface area contributed by atoms with Crippen molar-refractivity contribution in [3.05, 3.63) is 249 Å². The number of anilines is 3. The Kier molecular flexibility index (Phi) is 8.90. The molecule has 0 aromatic heterocycles. The lowest BCUT2D eigenvalue weighted by atomic mass is 9.87. The minimum absolute atomic E-state index is 1.08. The van der Waals surface area contributed by atoms with Crippen LogP contribution in [-0.4, -0.2) is 0 Å². The van der Waals surface area contributed by atoms with Gasteiger partial charge in [0.25, 0.3) is 0 Å². The van der Waals surface area contributed by atoms with E-state index < -0.39 is 0 Å². The SMILES string of the molecule is c1ccc(-c2cc(N(c3ccc(-c4cccc5ccccc45)cc3)c3ccccc3-c3cccc4ccccc34)ccc2-c2cc3c4ccccc4ccc3c3ccccc23)cc1. The van der Waals surface area contributed by atoms with Crippen LogP contribution in [0, 0.1) is 0 Å². The number of hydrogen-bond donors (Lipinski definition) is 0. The summed E-state index contributed by atoms with van der Waals surface area (Å²) in [6.45, 7) is 0. The molecule has 63 heavy (non-hydrogen) atoms. The van der Waals surface area contributed by atoms with Gasteiger partial charge >= 0.3 is 0 Å². The fourth-order valence-corrected chi connectivity index (χ4v) is 9.90. The molecule has 0 radical (unpaired) electrons. The first-order valence-electron chi connectivity index (χ1n) is 21.8. The predicted octanol–water partition coefficient (Wildman–Crippen LogP) is 17.6. The van der Waals surface area contributed by atoms with Gasteiger partial charge in [0.15, 0.2) is 0 Å². The Morgan fingerprint density at radius 2 is 0.714 bits per heavy atom. The standard InChI is InChI=1S/C62H41N/c1-2-16-44(17-3-1)59-40-48(37-39-57(59)61-41-60-52-25-9-6-20-45(52)34-38-56(60)54-26-10-11-27-55(54)61)63(47-35-32-46(33-36-47)50-29-14-21-42-18-4-7-23-49(42)50)62-31-13-12-28-58(62)53-30-15-22-43-19-5-8-24-51(43)53/h1-41H. The van der Waals surface area contributed by atoms with Crippen molar-refractivity contribution in [3.8, 4) is 44.5 Å². The smallest absolute Gasteiger partial charge is 0.0540 e. The van der Waals surface area contributed by atoms with Gasteiger partial charge in [-0.1, -0.05) is 212 Å². The second-order valence-corrected chi connectivity index (χ2v) is 16.4. The minimum atomic E-state index is 1.08. The summed E-state index contributed by atoms with van der Waals surface area (Å²) in [5.41, 5.74) is 12.8. The summed E-state index contributed by atoms with van der Waals surface area (Å²) in [6, 6.07) is 91.2. The summed E-state index contributed by atoms with van der Waals surface area (Å²) in [6.07, 6.45) is 0. The van der Waals surface area contributed by atoms with E-state index in [-0.39, 0.29) is 0 Å². The van der Waals surface area contributed by atoms with E-state index in [4.69, 9.17) is 0 Å². The summed E-state index contributed by atoms with van der Waals surface area (Å²) in [5.74, 6) is 0. The second-order valence-electron chi connectivity index (χ2n) is 16.4. The fourth-order valence-electron chi connectivity index (χ4n) is 9.90. The first-order chi connectivity index (χ1) is 31.3. The molecule has 0 aliphatic rings. The number of benzene rings is 12. The predicted molar refractivity (Wildman–Crippen MR) is 270 cm³/mol. The molecule has 0 aliphatic heterocycles. The Labute approximate surface area is 367 Å². The molecule has 0 amide bonds. The molecule has 294 valence electrons. The molecule has 12 aromatic carbocycles. The Balaban J connectivity index is 1.10. The maximum Gasteiger partial charge on any atom is 0.0540 e. The van der Waals surface area contributed by atoms with Crippen LogP contribution >= 0.6 is 0 Å². The van der Waals surface area contributed by atoms with Gasteiger partial charge in [-0.05, 0) is 129 Å². The molecule has 0 heterocycles. The van der Waals surface area contributed by atoms with E-state index in [0.29, 0.717) is 0 Å². The van der Waals surface area contributed by atoms with Crippen LogP contribution in [0.5, 0.6) is 0 Å². The van der Waals surface area contributed by atoms with Crippen LogP contribution in [-0.2, 0) is 0 Å². The zero-order valence-electron chi connectivity index (χ0n) is 34.6. The van der Waals surface area contributed by atoms with E-state index in [1.807, 2.05) is 0 Å². The topological polar surface area (TPSA) is 3.24 Å². The van der Waals surface area contributed by atoms with Crippen LogP contribution in [0.2, 0.25) is 0 Å². The minimum Gasteiger partial charge on any atom is -0.310 e. The summed E-state index contributed by atoms with van der Waals surface area (Å²) >= 11 is 0. The number of hydrogen-bond acceptors (Lipinski definition) is 1. The lowest BCUT2D eigenvalue weighted by Gasteiger charge is -2.29. The highest BCUT2D eigenvalue weighted by molar-refractivity contribution is 6.21. The third-order valence-electron chi connectivity index (χ3n) is 12.9. The van der Waals surface area contributed by atoms with Gasteiger partial charge in [-0.2, -0.15) is 0 Å². The third kappa shape index (κ3) is 6.33. The molecule has 0 atom stereocenters. The van der Waals surface area contributed by atoms with E-state index in [0.717, 1.165) is 17.1 Å². The molecule has 0 spiro atoms. The Bertz CT molecular complexity index is 3670. The molecule has 0 saturated heterocycles. The zero-order chi connectivity index (χ0) is 41.7. The van der Waals surface area contributed by atoms with Crippen molar-refractivity contribution in [2.75, 3.05) is 4.90 Å². The van der Waals surface area contributed by atoms with E-state index >= 15 is 0 Å². The average Bonchev–Trinajstić information content (AvgIpc) is 3.36. The molecule has 0 aliphatic carbocycles. The number of nitrogens with zero attached hydrogens (tertiary/aromatic N) is 1. The van der Waals surface area contributed by atoms with Gasteiger partial charge in [-0.3, -0.25) is 0 Å². The van der Waals surface area contributed by atoms with E-state index in [1.165, 1.54) is 98.4 Å². The van der Waals surface area contributed by atoms with E-state index in [9.17, 15) is 0 Å².